The number of carbonyl (C=O) groups excluding carboxylic acids is 3. The zero-order chi connectivity index (χ0) is 32.3. The van der Waals surface area contributed by atoms with E-state index in [0.29, 0.717) is 43.3 Å². The molecule has 1 aliphatic carbocycles. The van der Waals surface area contributed by atoms with Crippen molar-refractivity contribution >= 4 is 17.9 Å². The number of hydrogen-bond acceptors (Lipinski definition) is 7. The molecule has 1 aromatic carbocycles. The zero-order valence-electron chi connectivity index (χ0n) is 27.2. The zero-order valence-corrected chi connectivity index (χ0v) is 27.2. The predicted molar refractivity (Wildman–Crippen MR) is 170 cm³/mol. The van der Waals surface area contributed by atoms with Crippen molar-refractivity contribution in [3.8, 4) is 11.5 Å². The maximum atomic E-state index is 13.4. The number of nitrogens with one attached hydrogen (secondary N) is 2. The third kappa shape index (κ3) is 9.36. The Bertz CT molecular complexity index is 1100. The van der Waals surface area contributed by atoms with Crippen LogP contribution in [-0.2, 0) is 20.7 Å². The fourth-order valence-corrected chi connectivity index (χ4v) is 7.06. The van der Waals surface area contributed by atoms with Crippen LogP contribution in [0.1, 0.15) is 77.7 Å². The van der Waals surface area contributed by atoms with Gasteiger partial charge in [0.25, 0.3) is 0 Å². The van der Waals surface area contributed by atoms with Crippen molar-refractivity contribution < 1.29 is 33.7 Å². The van der Waals surface area contributed by atoms with Crippen LogP contribution in [0.15, 0.2) is 30.9 Å². The molecule has 44 heavy (non-hydrogen) atoms. The van der Waals surface area contributed by atoms with Gasteiger partial charge in [0.05, 0.1) is 32.3 Å². The van der Waals surface area contributed by atoms with E-state index in [1.165, 1.54) is 6.08 Å². The Morgan fingerprint density at radius 1 is 1.07 bits per heavy atom. The van der Waals surface area contributed by atoms with Crippen molar-refractivity contribution in [2.75, 3.05) is 33.9 Å². The number of hydrogen-bond donors (Lipinski definition) is 3. The van der Waals surface area contributed by atoms with Gasteiger partial charge in [0.15, 0.2) is 0 Å². The number of benzene rings is 1. The van der Waals surface area contributed by atoms with Gasteiger partial charge in [-0.1, -0.05) is 39.8 Å². The molecule has 1 aliphatic heterocycles. The topological polar surface area (TPSA) is 126 Å². The van der Waals surface area contributed by atoms with Gasteiger partial charge in [-0.2, -0.15) is 0 Å². The summed E-state index contributed by atoms with van der Waals surface area (Å²) in [4.78, 5) is 41.1. The second-order valence-corrected chi connectivity index (χ2v) is 12.8. The first kappa shape index (κ1) is 35.2. The maximum absolute atomic E-state index is 13.4. The normalized spacial score (nSPS) is 22.5. The lowest BCUT2D eigenvalue weighted by Crippen LogP contribution is -2.55. The Labute approximate surface area is 262 Å². The molecule has 246 valence electrons. The van der Waals surface area contributed by atoms with Gasteiger partial charge >= 0.3 is 6.09 Å². The molecule has 5 atom stereocenters. The summed E-state index contributed by atoms with van der Waals surface area (Å²) in [5, 5.41) is 16.6. The lowest BCUT2D eigenvalue weighted by molar-refractivity contribution is -0.124. The number of rotatable bonds is 16. The molecule has 1 saturated carbocycles. The summed E-state index contributed by atoms with van der Waals surface area (Å²) < 4.78 is 16.2. The van der Waals surface area contributed by atoms with Gasteiger partial charge in [0.1, 0.15) is 18.1 Å². The Kier molecular flexibility index (Phi) is 13.4. The van der Waals surface area contributed by atoms with Gasteiger partial charge in [0, 0.05) is 31.6 Å². The number of carbonyl (C=O) groups is 3. The Balaban J connectivity index is 1.63. The van der Waals surface area contributed by atoms with E-state index in [2.05, 4.69) is 31.1 Å². The summed E-state index contributed by atoms with van der Waals surface area (Å²) in [6.45, 7) is 10.8. The number of methoxy groups -OCH3 is 2. The van der Waals surface area contributed by atoms with Crippen molar-refractivity contribution in [1.82, 2.24) is 15.5 Å². The number of aliphatic hydroxyl groups is 1. The van der Waals surface area contributed by atoms with E-state index in [4.69, 9.17) is 14.2 Å². The Morgan fingerprint density at radius 2 is 1.77 bits per heavy atom. The fraction of sp³-hybridized carbons (Fsp3) is 0.676. The number of nitrogens with zero attached hydrogens (tertiary/aromatic N) is 1. The molecule has 2 fully saturated rings. The van der Waals surface area contributed by atoms with E-state index in [1.807, 2.05) is 19.1 Å². The molecule has 3 N–H and O–H groups in total. The first-order valence-electron chi connectivity index (χ1n) is 16.0. The minimum Gasteiger partial charge on any atom is -0.497 e. The Hall–Kier alpha value is -3.27. The third-order valence-electron chi connectivity index (χ3n) is 9.21. The highest BCUT2D eigenvalue weighted by Gasteiger charge is 2.56. The van der Waals surface area contributed by atoms with Crippen LogP contribution in [0.2, 0.25) is 0 Å². The van der Waals surface area contributed by atoms with Crippen LogP contribution in [0.25, 0.3) is 0 Å². The summed E-state index contributed by atoms with van der Waals surface area (Å²) in [6.07, 6.45) is 6.08. The van der Waals surface area contributed by atoms with Gasteiger partial charge in [-0.3, -0.25) is 14.5 Å². The molecule has 1 heterocycles. The Morgan fingerprint density at radius 3 is 2.41 bits per heavy atom. The lowest BCUT2D eigenvalue weighted by atomic mass is 9.84. The van der Waals surface area contributed by atoms with Crippen LogP contribution < -0.4 is 20.1 Å². The molecule has 1 saturated heterocycles. The maximum Gasteiger partial charge on any atom is 0.410 e. The number of amides is 3. The van der Waals surface area contributed by atoms with E-state index < -0.39 is 17.7 Å². The number of ether oxygens (including phenoxy) is 3. The summed E-state index contributed by atoms with van der Waals surface area (Å²) in [6, 6.07) is 5.33. The first-order chi connectivity index (χ1) is 21.0. The molecule has 2 aliphatic rings. The van der Waals surface area contributed by atoms with Crippen LogP contribution in [0.5, 0.6) is 11.5 Å². The largest absolute Gasteiger partial charge is 0.497 e. The van der Waals surface area contributed by atoms with Gasteiger partial charge in [0.2, 0.25) is 11.8 Å². The second-order valence-electron chi connectivity index (χ2n) is 12.8. The standard InChI is InChI=1S/C34H53N3O7/c1-7-15-44-33(41)37-27(19-31(39)35-14-11-25-17-28(42-5)20-29(18-25)43-6)10-13-34(37)12-8-9-26(34)22-36-32(40)21-30(38)24(4)16-23(2)3/h7,17-18,20,23-24,26-27,30,38H,1,8-16,19,21-22H2,2-6H3,(H,35,39)(H,36,40)/t24?,26-,27+,30?,34+/m1/s1. The second kappa shape index (κ2) is 16.7. The monoisotopic (exact) mass is 615 g/mol. The number of aliphatic hydroxyl groups excluding tert-OH is 1. The highest BCUT2D eigenvalue weighted by Crippen LogP contribution is 2.50. The summed E-state index contributed by atoms with van der Waals surface area (Å²) in [5.74, 6) is 1.58. The van der Waals surface area contributed by atoms with E-state index in [-0.39, 0.29) is 49.1 Å². The van der Waals surface area contributed by atoms with Gasteiger partial charge < -0.3 is 30.0 Å². The molecule has 0 bridgehead atoms. The number of likely N-dealkylation sites (tertiary alicyclic amines) is 1. The SMILES string of the molecule is C=CCOC(=O)N1[C@H](CC(=O)NCCc2cc(OC)cc(OC)c2)CC[C@]12CCC[C@@H]2CNC(=O)CC(O)C(C)CC(C)C. The van der Waals surface area contributed by atoms with Crippen LogP contribution in [0, 0.1) is 17.8 Å². The van der Waals surface area contributed by atoms with Crippen molar-refractivity contribution in [1.29, 1.82) is 0 Å². The molecule has 2 unspecified atom stereocenters. The van der Waals surface area contributed by atoms with Crippen molar-refractivity contribution in [2.24, 2.45) is 17.8 Å². The molecule has 0 aromatic heterocycles. The average Bonchev–Trinajstić information content (AvgIpc) is 3.56. The molecule has 10 heteroatoms. The molecular formula is C34H53N3O7. The molecule has 10 nitrogen and oxygen atoms in total. The summed E-state index contributed by atoms with van der Waals surface area (Å²) >= 11 is 0. The van der Waals surface area contributed by atoms with Crippen molar-refractivity contribution in [3.05, 3.63) is 36.4 Å². The van der Waals surface area contributed by atoms with Gasteiger partial charge in [-0.05, 0) is 74.0 Å². The molecule has 3 rings (SSSR count). The van der Waals surface area contributed by atoms with E-state index in [0.717, 1.165) is 37.7 Å². The fourth-order valence-electron chi connectivity index (χ4n) is 7.06. The van der Waals surface area contributed by atoms with Crippen molar-refractivity contribution in [2.45, 2.75) is 96.2 Å². The van der Waals surface area contributed by atoms with Crippen LogP contribution in [0.3, 0.4) is 0 Å². The smallest absolute Gasteiger partial charge is 0.410 e. The van der Waals surface area contributed by atoms with Crippen LogP contribution >= 0.6 is 0 Å². The van der Waals surface area contributed by atoms with E-state index in [1.54, 1.807) is 25.2 Å². The molecule has 3 amide bonds. The highest BCUT2D eigenvalue weighted by molar-refractivity contribution is 5.78. The van der Waals surface area contributed by atoms with E-state index >= 15 is 0 Å². The molecular weight excluding hydrogens is 562 g/mol. The third-order valence-corrected chi connectivity index (χ3v) is 9.21. The lowest BCUT2D eigenvalue weighted by Gasteiger charge is -2.42. The average molecular weight is 616 g/mol. The predicted octanol–water partition coefficient (Wildman–Crippen LogP) is 4.63. The van der Waals surface area contributed by atoms with Crippen LogP contribution in [-0.4, -0.2) is 79.5 Å². The molecule has 1 aromatic rings. The quantitative estimate of drug-likeness (QED) is 0.232. The van der Waals surface area contributed by atoms with Crippen molar-refractivity contribution in [3.63, 3.8) is 0 Å². The van der Waals surface area contributed by atoms with Gasteiger partial charge in [-0.15, -0.1) is 0 Å². The molecule has 0 radical (unpaired) electrons. The minimum absolute atomic E-state index is 0.0315. The minimum atomic E-state index is -0.694. The highest BCUT2D eigenvalue weighted by atomic mass is 16.6. The molecule has 1 spiro atoms. The summed E-state index contributed by atoms with van der Waals surface area (Å²) in [7, 11) is 3.20. The van der Waals surface area contributed by atoms with Crippen LogP contribution in [0.4, 0.5) is 4.79 Å². The van der Waals surface area contributed by atoms with Gasteiger partial charge in [-0.25, -0.2) is 4.79 Å². The van der Waals surface area contributed by atoms with E-state index in [9.17, 15) is 19.5 Å². The summed E-state index contributed by atoms with van der Waals surface area (Å²) in [5.41, 5.74) is 0.491. The first-order valence-corrected chi connectivity index (χ1v) is 16.0.